The van der Waals surface area contributed by atoms with E-state index in [1.165, 1.54) is 12.0 Å². The maximum atomic E-state index is 12.9. The molecule has 1 aromatic heterocycles. The second-order valence-electron chi connectivity index (χ2n) is 6.70. The Labute approximate surface area is 131 Å². The number of hydrogen-bond donors (Lipinski definition) is 1. The molecule has 0 unspecified atom stereocenters. The number of fused-ring (bicyclic) bond motifs is 1. The van der Waals surface area contributed by atoms with Crippen LogP contribution in [0, 0.1) is 0 Å². The van der Waals surface area contributed by atoms with E-state index in [-0.39, 0.29) is 18.9 Å². The molecule has 0 spiro atoms. The molecule has 5 heteroatoms. The lowest BCUT2D eigenvalue weighted by molar-refractivity contribution is -0.119. The highest BCUT2D eigenvalue weighted by Crippen LogP contribution is 2.39. The molecule has 1 fully saturated rings. The van der Waals surface area contributed by atoms with Gasteiger partial charge in [0, 0.05) is 31.1 Å². The van der Waals surface area contributed by atoms with Crippen molar-refractivity contribution in [2.75, 3.05) is 25.5 Å². The SMILES string of the molecule is CN(CCCCc1ccc2c(n1)NCCC2)C1CC(F)(F)C1. The fourth-order valence-corrected chi connectivity index (χ4v) is 3.30. The molecule has 0 aromatic carbocycles. The van der Waals surface area contributed by atoms with Crippen molar-refractivity contribution in [3.63, 3.8) is 0 Å². The van der Waals surface area contributed by atoms with Gasteiger partial charge in [0.2, 0.25) is 0 Å². The van der Waals surface area contributed by atoms with E-state index in [4.69, 9.17) is 0 Å². The summed E-state index contributed by atoms with van der Waals surface area (Å²) >= 11 is 0. The normalized spacial score (nSPS) is 20.4. The molecule has 0 saturated heterocycles. The molecule has 3 rings (SSSR count). The molecule has 0 bridgehead atoms. The highest BCUT2D eigenvalue weighted by Gasteiger charge is 2.46. The van der Waals surface area contributed by atoms with Gasteiger partial charge in [-0.15, -0.1) is 0 Å². The fraction of sp³-hybridized carbons (Fsp3) is 0.706. The minimum absolute atomic E-state index is 0.0293. The van der Waals surface area contributed by atoms with Crippen LogP contribution in [0.5, 0.6) is 0 Å². The molecule has 1 aliphatic carbocycles. The monoisotopic (exact) mass is 309 g/mol. The minimum atomic E-state index is -2.42. The third kappa shape index (κ3) is 3.75. The van der Waals surface area contributed by atoms with Crippen molar-refractivity contribution in [2.24, 2.45) is 0 Å². The average molecular weight is 309 g/mol. The molecule has 1 aromatic rings. The smallest absolute Gasteiger partial charge is 0.251 e. The highest BCUT2D eigenvalue weighted by molar-refractivity contribution is 5.46. The second kappa shape index (κ2) is 6.49. The van der Waals surface area contributed by atoms with Gasteiger partial charge >= 0.3 is 0 Å². The number of halogens is 2. The Morgan fingerprint density at radius 2 is 2.14 bits per heavy atom. The molecule has 1 aliphatic heterocycles. The number of unbranched alkanes of at least 4 members (excludes halogenated alkanes) is 1. The molecule has 0 atom stereocenters. The van der Waals surface area contributed by atoms with E-state index in [1.54, 1.807) is 0 Å². The lowest BCUT2D eigenvalue weighted by atomic mass is 9.87. The summed E-state index contributed by atoms with van der Waals surface area (Å²) in [5, 5.41) is 3.36. The summed E-state index contributed by atoms with van der Waals surface area (Å²) in [6.45, 7) is 1.91. The van der Waals surface area contributed by atoms with E-state index in [0.29, 0.717) is 0 Å². The first-order chi connectivity index (χ1) is 10.5. The molecule has 2 heterocycles. The van der Waals surface area contributed by atoms with Crippen LogP contribution in [0.1, 0.15) is 43.4 Å². The Morgan fingerprint density at radius 1 is 1.32 bits per heavy atom. The van der Waals surface area contributed by atoms with Crippen molar-refractivity contribution in [1.82, 2.24) is 9.88 Å². The Morgan fingerprint density at radius 3 is 2.91 bits per heavy atom. The van der Waals surface area contributed by atoms with Crippen molar-refractivity contribution in [3.8, 4) is 0 Å². The van der Waals surface area contributed by atoms with Crippen LogP contribution in [0.4, 0.5) is 14.6 Å². The quantitative estimate of drug-likeness (QED) is 0.815. The van der Waals surface area contributed by atoms with Crippen LogP contribution in [0.25, 0.3) is 0 Å². The van der Waals surface area contributed by atoms with Crippen LogP contribution in [0.15, 0.2) is 12.1 Å². The van der Waals surface area contributed by atoms with Crippen LogP contribution in [-0.4, -0.2) is 42.0 Å². The summed E-state index contributed by atoms with van der Waals surface area (Å²) < 4.78 is 25.7. The summed E-state index contributed by atoms with van der Waals surface area (Å²) in [4.78, 5) is 6.77. The first-order valence-corrected chi connectivity index (χ1v) is 8.34. The summed E-state index contributed by atoms with van der Waals surface area (Å²) in [6, 6.07) is 4.38. The Hall–Kier alpha value is -1.23. The highest BCUT2D eigenvalue weighted by atomic mass is 19.3. The summed E-state index contributed by atoms with van der Waals surface area (Å²) in [6.07, 6.45) is 5.41. The van der Waals surface area contributed by atoms with Crippen molar-refractivity contribution in [3.05, 3.63) is 23.4 Å². The maximum Gasteiger partial charge on any atom is 0.251 e. The Kier molecular flexibility index (Phi) is 4.62. The number of rotatable bonds is 6. The van der Waals surface area contributed by atoms with Gasteiger partial charge in [0.25, 0.3) is 5.92 Å². The third-order valence-corrected chi connectivity index (χ3v) is 4.84. The number of anilines is 1. The van der Waals surface area contributed by atoms with E-state index in [2.05, 4.69) is 27.3 Å². The van der Waals surface area contributed by atoms with Gasteiger partial charge < -0.3 is 10.2 Å². The van der Waals surface area contributed by atoms with Gasteiger partial charge in [0.1, 0.15) is 5.82 Å². The topological polar surface area (TPSA) is 28.2 Å². The van der Waals surface area contributed by atoms with Crippen LogP contribution in [0.3, 0.4) is 0 Å². The van der Waals surface area contributed by atoms with Crippen molar-refractivity contribution in [1.29, 1.82) is 0 Å². The van der Waals surface area contributed by atoms with E-state index >= 15 is 0 Å². The van der Waals surface area contributed by atoms with Crippen molar-refractivity contribution < 1.29 is 8.78 Å². The molecule has 1 N–H and O–H groups in total. The van der Waals surface area contributed by atoms with Crippen molar-refractivity contribution in [2.45, 2.75) is 56.9 Å². The largest absolute Gasteiger partial charge is 0.370 e. The molecular weight excluding hydrogens is 284 g/mol. The summed E-state index contributed by atoms with van der Waals surface area (Å²) in [7, 11) is 1.96. The summed E-state index contributed by atoms with van der Waals surface area (Å²) in [5.41, 5.74) is 2.45. The van der Waals surface area contributed by atoms with Gasteiger partial charge in [-0.3, -0.25) is 0 Å². The number of aryl methyl sites for hydroxylation is 2. The molecule has 2 aliphatic rings. The Balaban J connectivity index is 1.38. The van der Waals surface area contributed by atoms with Crippen LogP contribution in [-0.2, 0) is 12.8 Å². The number of alkyl halides is 2. The van der Waals surface area contributed by atoms with Crippen molar-refractivity contribution >= 4 is 5.82 Å². The predicted octanol–water partition coefficient (Wildman–Crippen LogP) is 3.49. The van der Waals surface area contributed by atoms with Gasteiger partial charge in [0.05, 0.1) is 0 Å². The second-order valence-corrected chi connectivity index (χ2v) is 6.70. The number of nitrogens with one attached hydrogen (secondary N) is 1. The molecule has 22 heavy (non-hydrogen) atoms. The average Bonchev–Trinajstić information content (AvgIpc) is 2.48. The number of hydrogen-bond acceptors (Lipinski definition) is 3. The molecule has 1 saturated carbocycles. The van der Waals surface area contributed by atoms with E-state index in [1.807, 2.05) is 7.05 Å². The molecule has 0 radical (unpaired) electrons. The predicted molar refractivity (Wildman–Crippen MR) is 84.6 cm³/mol. The number of pyridine rings is 1. The third-order valence-electron chi connectivity index (χ3n) is 4.84. The lowest BCUT2D eigenvalue weighted by Gasteiger charge is -2.40. The fourth-order valence-electron chi connectivity index (χ4n) is 3.30. The molecule has 122 valence electrons. The standard InChI is InChI=1S/C17H25F2N3/c1-22(15-11-17(18,19)12-15)10-3-2-6-14-8-7-13-5-4-9-20-16(13)21-14/h7-8,15H,2-6,9-12H2,1H3,(H,20,21). The zero-order chi connectivity index (χ0) is 15.6. The van der Waals surface area contributed by atoms with Crippen LogP contribution < -0.4 is 5.32 Å². The van der Waals surface area contributed by atoms with Crippen LogP contribution >= 0.6 is 0 Å². The van der Waals surface area contributed by atoms with Gasteiger partial charge in [-0.1, -0.05) is 6.07 Å². The first kappa shape index (κ1) is 15.7. The van der Waals surface area contributed by atoms with Gasteiger partial charge in [-0.25, -0.2) is 13.8 Å². The first-order valence-electron chi connectivity index (χ1n) is 8.34. The molecule has 0 amide bonds. The zero-order valence-corrected chi connectivity index (χ0v) is 13.2. The molecule has 3 nitrogen and oxygen atoms in total. The van der Waals surface area contributed by atoms with E-state index < -0.39 is 5.92 Å². The Bertz CT molecular complexity index is 511. The zero-order valence-electron chi connectivity index (χ0n) is 13.2. The van der Waals surface area contributed by atoms with E-state index in [9.17, 15) is 8.78 Å². The van der Waals surface area contributed by atoms with Gasteiger partial charge in [-0.05, 0) is 57.3 Å². The molecular formula is C17H25F2N3. The summed E-state index contributed by atoms with van der Waals surface area (Å²) in [5.74, 6) is -1.36. The minimum Gasteiger partial charge on any atom is -0.370 e. The van der Waals surface area contributed by atoms with Gasteiger partial charge in [-0.2, -0.15) is 0 Å². The maximum absolute atomic E-state index is 12.9. The van der Waals surface area contributed by atoms with E-state index in [0.717, 1.165) is 50.3 Å². The van der Waals surface area contributed by atoms with Crippen LogP contribution in [0.2, 0.25) is 0 Å². The van der Waals surface area contributed by atoms with Gasteiger partial charge in [0.15, 0.2) is 0 Å². The number of nitrogens with zero attached hydrogens (tertiary/aromatic N) is 2. The lowest BCUT2D eigenvalue weighted by Crippen LogP contribution is -2.49. The number of aromatic nitrogens is 1.